The lowest BCUT2D eigenvalue weighted by molar-refractivity contribution is 0.381. The zero-order valence-corrected chi connectivity index (χ0v) is 23.6. The third-order valence-electron chi connectivity index (χ3n) is 9.08. The molecule has 0 bridgehead atoms. The maximum absolute atomic E-state index is 10.9. The quantitative estimate of drug-likeness (QED) is 0.220. The molecule has 7 aromatic rings. The molecule has 0 radical (unpaired) electrons. The fraction of sp³-hybridized carbons (Fsp3) is 0.0769. The van der Waals surface area contributed by atoms with E-state index in [4.69, 9.17) is 0 Å². The molecule has 0 N–H and O–H groups in total. The Balaban J connectivity index is 1.36. The van der Waals surface area contributed by atoms with Gasteiger partial charge in [-0.3, -0.25) is 0 Å². The number of aromatic nitrogens is 2. The molecule has 4 nitrogen and oxygen atoms in total. The monoisotopic (exact) mass is 550 g/mol. The molecule has 202 valence electrons. The van der Waals surface area contributed by atoms with E-state index in [-0.39, 0.29) is 0 Å². The smallest absolute Gasteiger partial charge is 0.102 e. The zero-order chi connectivity index (χ0) is 29.1. The number of fused-ring (bicyclic) bond motifs is 6. The zero-order valence-electron chi connectivity index (χ0n) is 23.6. The molecule has 2 atom stereocenters. The van der Waals surface area contributed by atoms with E-state index in [1.807, 2.05) is 54.6 Å². The average Bonchev–Trinajstić information content (AvgIpc) is 3.58. The van der Waals surface area contributed by atoms with Gasteiger partial charge >= 0.3 is 0 Å². The minimum absolute atomic E-state index is 0.544. The Morgan fingerprint density at radius 1 is 0.628 bits per heavy atom. The number of nitriles is 2. The van der Waals surface area contributed by atoms with Crippen LogP contribution in [0.2, 0.25) is 0 Å². The van der Waals surface area contributed by atoms with Crippen LogP contribution in [0.5, 0.6) is 0 Å². The van der Waals surface area contributed by atoms with Crippen molar-refractivity contribution in [2.75, 3.05) is 0 Å². The van der Waals surface area contributed by atoms with Crippen molar-refractivity contribution in [3.63, 3.8) is 0 Å². The summed E-state index contributed by atoms with van der Waals surface area (Å²) in [7, 11) is 0. The van der Waals surface area contributed by atoms with Crippen molar-refractivity contribution in [2.24, 2.45) is 5.92 Å². The molecule has 1 aliphatic rings. The minimum atomic E-state index is -0.697. The van der Waals surface area contributed by atoms with Gasteiger partial charge in [0.05, 0.1) is 39.8 Å². The molecule has 0 saturated carbocycles. The maximum Gasteiger partial charge on any atom is 0.102 e. The van der Waals surface area contributed by atoms with Crippen LogP contribution in [0.3, 0.4) is 0 Å². The average molecular weight is 551 g/mol. The van der Waals surface area contributed by atoms with E-state index in [0.29, 0.717) is 5.56 Å². The lowest BCUT2D eigenvalue weighted by Crippen LogP contribution is -2.38. The summed E-state index contributed by atoms with van der Waals surface area (Å²) in [6.07, 6.45) is 6.18. The SMILES string of the molecule is CC1(n2c3ccccc3c3ccccc32)C=CC=C(c2cccc(-n3c4ccccc4c4ccccc43)c2C#N)C1C#N. The van der Waals surface area contributed by atoms with Gasteiger partial charge in [0.1, 0.15) is 6.07 Å². The van der Waals surface area contributed by atoms with Crippen molar-refractivity contribution >= 4 is 49.2 Å². The summed E-state index contributed by atoms with van der Waals surface area (Å²) in [5.74, 6) is -0.544. The molecule has 5 aromatic carbocycles. The van der Waals surface area contributed by atoms with Gasteiger partial charge in [-0.15, -0.1) is 0 Å². The van der Waals surface area contributed by atoms with Crippen molar-refractivity contribution in [3.8, 4) is 17.8 Å². The Morgan fingerprint density at radius 2 is 1.14 bits per heavy atom. The lowest BCUT2D eigenvalue weighted by atomic mass is 9.74. The number of allylic oxidation sites excluding steroid dienone is 4. The molecular formula is C39H26N4. The predicted octanol–water partition coefficient (Wildman–Crippen LogP) is 9.27. The van der Waals surface area contributed by atoms with E-state index in [0.717, 1.165) is 60.4 Å². The highest BCUT2D eigenvalue weighted by Gasteiger charge is 2.41. The summed E-state index contributed by atoms with van der Waals surface area (Å²) in [6, 6.07) is 44.6. The number of rotatable bonds is 3. The van der Waals surface area contributed by atoms with Crippen molar-refractivity contribution in [1.29, 1.82) is 10.5 Å². The summed E-state index contributed by atoms with van der Waals surface area (Å²) >= 11 is 0. The lowest BCUT2D eigenvalue weighted by Gasteiger charge is -2.38. The molecular weight excluding hydrogens is 524 g/mol. The normalized spacial score (nSPS) is 18.2. The summed E-state index contributed by atoms with van der Waals surface area (Å²) in [5.41, 5.74) is 6.54. The summed E-state index contributed by atoms with van der Waals surface area (Å²) in [4.78, 5) is 0. The largest absolute Gasteiger partial charge is 0.329 e. The van der Waals surface area contributed by atoms with Crippen molar-refractivity contribution < 1.29 is 0 Å². The molecule has 2 heterocycles. The highest BCUT2D eigenvalue weighted by Crippen LogP contribution is 2.46. The van der Waals surface area contributed by atoms with E-state index < -0.39 is 11.5 Å². The molecule has 43 heavy (non-hydrogen) atoms. The van der Waals surface area contributed by atoms with Crippen LogP contribution in [0.25, 0.3) is 54.9 Å². The number of para-hydroxylation sites is 4. The first-order chi connectivity index (χ1) is 21.2. The van der Waals surface area contributed by atoms with Gasteiger partial charge in [0, 0.05) is 32.6 Å². The van der Waals surface area contributed by atoms with Crippen LogP contribution in [0.4, 0.5) is 0 Å². The topological polar surface area (TPSA) is 57.4 Å². The van der Waals surface area contributed by atoms with Gasteiger partial charge in [-0.2, -0.15) is 10.5 Å². The number of benzene rings is 5. The second-order valence-corrected chi connectivity index (χ2v) is 11.3. The molecule has 0 aliphatic heterocycles. The maximum atomic E-state index is 10.9. The van der Waals surface area contributed by atoms with E-state index in [2.05, 4.69) is 107 Å². The number of hydrogen-bond acceptors (Lipinski definition) is 2. The van der Waals surface area contributed by atoms with Crippen LogP contribution in [-0.4, -0.2) is 9.13 Å². The van der Waals surface area contributed by atoms with Gasteiger partial charge < -0.3 is 9.13 Å². The van der Waals surface area contributed by atoms with Crippen molar-refractivity contribution in [3.05, 3.63) is 145 Å². The van der Waals surface area contributed by atoms with Crippen LogP contribution in [0, 0.1) is 28.6 Å². The van der Waals surface area contributed by atoms with Gasteiger partial charge in [-0.1, -0.05) is 103 Å². The molecule has 0 fully saturated rings. The summed E-state index contributed by atoms with van der Waals surface area (Å²) < 4.78 is 4.48. The summed E-state index contributed by atoms with van der Waals surface area (Å²) in [6.45, 7) is 2.13. The fourth-order valence-corrected chi connectivity index (χ4v) is 7.21. The van der Waals surface area contributed by atoms with Gasteiger partial charge in [-0.05, 0) is 48.4 Å². The molecule has 8 rings (SSSR count). The second kappa shape index (κ2) is 9.35. The van der Waals surface area contributed by atoms with Crippen LogP contribution in [-0.2, 0) is 5.54 Å². The summed E-state index contributed by atoms with van der Waals surface area (Å²) in [5, 5.41) is 26.2. The molecule has 4 heteroatoms. The van der Waals surface area contributed by atoms with E-state index in [1.165, 1.54) is 0 Å². The van der Waals surface area contributed by atoms with Gasteiger partial charge in [0.25, 0.3) is 0 Å². The van der Waals surface area contributed by atoms with Crippen molar-refractivity contribution in [2.45, 2.75) is 12.5 Å². The Bertz CT molecular complexity index is 2300. The molecule has 2 unspecified atom stereocenters. The first kappa shape index (κ1) is 24.9. The fourth-order valence-electron chi connectivity index (χ4n) is 7.21. The van der Waals surface area contributed by atoms with Gasteiger partial charge in [0.15, 0.2) is 0 Å². The molecule has 0 spiro atoms. The van der Waals surface area contributed by atoms with Crippen LogP contribution < -0.4 is 0 Å². The van der Waals surface area contributed by atoms with Gasteiger partial charge in [0.2, 0.25) is 0 Å². The Labute approximate surface area is 249 Å². The molecule has 1 aliphatic carbocycles. The van der Waals surface area contributed by atoms with Crippen LogP contribution in [0.1, 0.15) is 18.1 Å². The highest BCUT2D eigenvalue weighted by atomic mass is 15.1. The van der Waals surface area contributed by atoms with Crippen LogP contribution in [0.15, 0.2) is 133 Å². The highest BCUT2D eigenvalue weighted by molar-refractivity contribution is 6.10. The van der Waals surface area contributed by atoms with E-state index in [9.17, 15) is 10.5 Å². The van der Waals surface area contributed by atoms with Crippen LogP contribution >= 0.6 is 0 Å². The first-order valence-corrected chi connectivity index (χ1v) is 14.5. The van der Waals surface area contributed by atoms with E-state index >= 15 is 0 Å². The standard InChI is InChI=1S/C39H26N4/c1-39(43-37-20-8-4-14-30(37)31-15-5-9-21-38(31)43)23-11-17-27(33(39)25-41)26-16-10-22-36(32(26)24-40)42-34-18-6-2-12-28(34)29-13-3-7-19-35(29)42/h2-23,33H,1H3. The first-order valence-electron chi connectivity index (χ1n) is 14.5. The Morgan fingerprint density at radius 3 is 1.67 bits per heavy atom. The minimum Gasteiger partial charge on any atom is -0.329 e. The molecule has 0 amide bonds. The third kappa shape index (κ3) is 3.41. The van der Waals surface area contributed by atoms with E-state index in [1.54, 1.807) is 0 Å². The third-order valence-corrected chi connectivity index (χ3v) is 9.08. The predicted molar refractivity (Wildman–Crippen MR) is 175 cm³/mol. The molecule has 2 aromatic heterocycles. The van der Waals surface area contributed by atoms with Crippen molar-refractivity contribution in [1.82, 2.24) is 9.13 Å². The number of hydrogen-bond donors (Lipinski definition) is 0. The molecule has 0 saturated heterocycles. The van der Waals surface area contributed by atoms with Gasteiger partial charge in [-0.25, -0.2) is 0 Å². The number of nitrogens with zero attached hydrogens (tertiary/aromatic N) is 4. The second-order valence-electron chi connectivity index (χ2n) is 11.3. The Hall–Kier alpha value is -5.84. The Kier molecular flexibility index (Phi) is 5.42.